The van der Waals surface area contributed by atoms with Crippen LogP contribution >= 0.6 is 0 Å². The van der Waals surface area contributed by atoms with Crippen molar-refractivity contribution in [3.8, 4) is 5.82 Å². The van der Waals surface area contributed by atoms with Gasteiger partial charge in [-0.15, -0.1) is 0 Å². The molecule has 0 radical (unpaired) electrons. The highest BCUT2D eigenvalue weighted by Crippen LogP contribution is 2.17. The lowest BCUT2D eigenvalue weighted by atomic mass is 10.3. The van der Waals surface area contributed by atoms with E-state index in [-0.39, 0.29) is 17.9 Å². The lowest BCUT2D eigenvalue weighted by molar-refractivity contribution is -0.116. The number of amides is 1. The first-order chi connectivity index (χ1) is 13.2. The van der Waals surface area contributed by atoms with Crippen molar-refractivity contribution < 1.29 is 4.79 Å². The molecule has 1 amide bonds. The van der Waals surface area contributed by atoms with Crippen LogP contribution in [0.4, 0.5) is 5.69 Å². The Morgan fingerprint density at radius 2 is 1.85 bits per heavy atom. The van der Waals surface area contributed by atoms with Crippen LogP contribution in [-0.2, 0) is 11.3 Å². The Morgan fingerprint density at radius 1 is 1.00 bits per heavy atom. The molecule has 1 N–H and O–H groups in total. The molecule has 1 aromatic carbocycles. The van der Waals surface area contributed by atoms with E-state index in [0.29, 0.717) is 12.2 Å². The Balaban J connectivity index is 1.42. The number of carbonyl (C=O) groups is 1. The number of para-hydroxylation sites is 2. The average molecular weight is 359 g/mol. The largest absolute Gasteiger partial charge is 0.325 e. The molecule has 0 fully saturated rings. The molecule has 0 unspecified atom stereocenters. The molecule has 3 aromatic heterocycles. The Kier molecular flexibility index (Phi) is 4.49. The predicted molar refractivity (Wildman–Crippen MR) is 103 cm³/mol. The summed E-state index contributed by atoms with van der Waals surface area (Å²) in [7, 11) is 0. The van der Waals surface area contributed by atoms with Crippen LogP contribution in [0.2, 0.25) is 0 Å². The normalized spacial score (nSPS) is 10.8. The van der Waals surface area contributed by atoms with Gasteiger partial charge in [0.1, 0.15) is 12.1 Å². The number of carbonyl (C=O) groups excluding carboxylic acids is 1. The van der Waals surface area contributed by atoms with E-state index in [4.69, 9.17) is 0 Å². The Labute approximate surface area is 154 Å². The number of anilines is 1. The van der Waals surface area contributed by atoms with Gasteiger partial charge in [0.05, 0.1) is 22.9 Å². The van der Waals surface area contributed by atoms with Gasteiger partial charge in [-0.1, -0.05) is 18.2 Å². The molecule has 7 heteroatoms. The molecule has 0 saturated heterocycles. The van der Waals surface area contributed by atoms with Gasteiger partial charge in [0, 0.05) is 25.2 Å². The van der Waals surface area contributed by atoms with Gasteiger partial charge in [-0.2, -0.15) is 0 Å². The summed E-state index contributed by atoms with van der Waals surface area (Å²) in [6, 6.07) is 16.3. The zero-order valence-corrected chi connectivity index (χ0v) is 14.4. The van der Waals surface area contributed by atoms with Crippen molar-refractivity contribution in [3.05, 3.63) is 83.7 Å². The van der Waals surface area contributed by atoms with E-state index in [1.165, 1.54) is 10.6 Å². The van der Waals surface area contributed by atoms with Gasteiger partial charge < -0.3 is 9.88 Å². The molecule has 0 aliphatic heterocycles. The Morgan fingerprint density at radius 3 is 2.67 bits per heavy atom. The highest BCUT2D eigenvalue weighted by atomic mass is 16.1. The molecule has 4 rings (SSSR count). The second-order valence-corrected chi connectivity index (χ2v) is 6.04. The lowest BCUT2D eigenvalue weighted by Crippen LogP contribution is -2.21. The minimum absolute atomic E-state index is 0.121. The summed E-state index contributed by atoms with van der Waals surface area (Å²) in [5, 5.41) is 2.80. The van der Waals surface area contributed by atoms with E-state index in [1.54, 1.807) is 36.9 Å². The fourth-order valence-corrected chi connectivity index (χ4v) is 2.84. The van der Waals surface area contributed by atoms with Gasteiger partial charge in [-0.3, -0.25) is 14.2 Å². The SMILES string of the molecule is O=C(CCn1ccccc1=O)Nc1ccc(-n2cnc3ccccc32)nc1. The number of imidazole rings is 1. The van der Waals surface area contributed by atoms with Crippen LogP contribution in [0.1, 0.15) is 6.42 Å². The molecule has 0 aliphatic carbocycles. The molecule has 4 aromatic rings. The van der Waals surface area contributed by atoms with Gasteiger partial charge in [0.2, 0.25) is 5.91 Å². The van der Waals surface area contributed by atoms with Crippen molar-refractivity contribution in [1.82, 2.24) is 19.1 Å². The van der Waals surface area contributed by atoms with E-state index >= 15 is 0 Å². The fraction of sp³-hybridized carbons (Fsp3) is 0.100. The molecule has 0 aliphatic rings. The lowest BCUT2D eigenvalue weighted by Gasteiger charge is -2.08. The second-order valence-electron chi connectivity index (χ2n) is 6.04. The van der Waals surface area contributed by atoms with Gasteiger partial charge in [-0.25, -0.2) is 9.97 Å². The summed E-state index contributed by atoms with van der Waals surface area (Å²) >= 11 is 0. The zero-order chi connectivity index (χ0) is 18.6. The maximum atomic E-state index is 12.1. The van der Waals surface area contributed by atoms with Crippen LogP contribution in [0.3, 0.4) is 0 Å². The Bertz CT molecular complexity index is 1140. The topological polar surface area (TPSA) is 81.8 Å². The summed E-state index contributed by atoms with van der Waals surface area (Å²) in [6.07, 6.45) is 5.21. The quantitative estimate of drug-likeness (QED) is 0.594. The average Bonchev–Trinajstić information content (AvgIpc) is 3.12. The number of rotatable bonds is 5. The van der Waals surface area contributed by atoms with Gasteiger partial charge in [0.15, 0.2) is 0 Å². The molecule has 0 spiro atoms. The van der Waals surface area contributed by atoms with Crippen LogP contribution in [0.5, 0.6) is 0 Å². The maximum absolute atomic E-state index is 12.1. The van der Waals surface area contributed by atoms with Crippen molar-refractivity contribution in [2.45, 2.75) is 13.0 Å². The highest BCUT2D eigenvalue weighted by Gasteiger charge is 2.07. The minimum atomic E-state index is -0.173. The number of aromatic nitrogens is 4. The van der Waals surface area contributed by atoms with Crippen LogP contribution in [0.15, 0.2) is 78.1 Å². The molecule has 0 atom stereocenters. The van der Waals surface area contributed by atoms with Crippen LogP contribution in [-0.4, -0.2) is 25.0 Å². The van der Waals surface area contributed by atoms with Crippen molar-refractivity contribution in [2.75, 3.05) is 5.32 Å². The number of aryl methyl sites for hydroxylation is 1. The molecular weight excluding hydrogens is 342 g/mol. The standard InChI is InChI=1S/C20H17N5O2/c26-19(10-12-24-11-4-3-7-20(24)27)23-15-8-9-18(21-13-15)25-14-22-16-5-1-2-6-17(16)25/h1-9,11,13-14H,10,12H2,(H,23,26). The van der Waals surface area contributed by atoms with Crippen molar-refractivity contribution in [2.24, 2.45) is 0 Å². The number of nitrogens with zero attached hydrogens (tertiary/aromatic N) is 4. The summed E-state index contributed by atoms with van der Waals surface area (Å²) in [5.74, 6) is 0.547. The highest BCUT2D eigenvalue weighted by molar-refractivity contribution is 5.90. The summed E-state index contributed by atoms with van der Waals surface area (Å²) in [5.41, 5.74) is 2.35. The summed E-state index contributed by atoms with van der Waals surface area (Å²) < 4.78 is 3.40. The van der Waals surface area contributed by atoms with Crippen molar-refractivity contribution >= 4 is 22.6 Å². The molecule has 0 bridgehead atoms. The molecule has 134 valence electrons. The molecule has 0 saturated carbocycles. The molecular formula is C20H17N5O2. The van der Waals surface area contributed by atoms with E-state index in [1.807, 2.05) is 34.9 Å². The smallest absolute Gasteiger partial charge is 0.250 e. The third kappa shape index (κ3) is 3.62. The predicted octanol–water partition coefficient (Wildman–Crippen LogP) is 2.61. The van der Waals surface area contributed by atoms with Gasteiger partial charge in [0.25, 0.3) is 5.56 Å². The number of pyridine rings is 2. The number of benzene rings is 1. The number of nitrogens with one attached hydrogen (secondary N) is 1. The van der Waals surface area contributed by atoms with E-state index in [2.05, 4.69) is 15.3 Å². The number of hydrogen-bond acceptors (Lipinski definition) is 4. The molecule has 7 nitrogen and oxygen atoms in total. The Hall–Kier alpha value is -3.74. The third-order valence-electron chi connectivity index (χ3n) is 4.21. The van der Waals surface area contributed by atoms with E-state index in [9.17, 15) is 9.59 Å². The van der Waals surface area contributed by atoms with E-state index < -0.39 is 0 Å². The minimum Gasteiger partial charge on any atom is -0.325 e. The second kappa shape index (κ2) is 7.25. The first kappa shape index (κ1) is 16.7. The van der Waals surface area contributed by atoms with Crippen molar-refractivity contribution in [3.63, 3.8) is 0 Å². The first-order valence-corrected chi connectivity index (χ1v) is 8.54. The van der Waals surface area contributed by atoms with Crippen LogP contribution in [0.25, 0.3) is 16.9 Å². The molecule has 3 heterocycles. The van der Waals surface area contributed by atoms with Gasteiger partial charge in [-0.05, 0) is 30.3 Å². The summed E-state index contributed by atoms with van der Waals surface area (Å²) in [6.45, 7) is 0.331. The number of fused-ring (bicyclic) bond motifs is 1. The zero-order valence-electron chi connectivity index (χ0n) is 14.4. The van der Waals surface area contributed by atoms with E-state index in [0.717, 1.165) is 16.9 Å². The molecule has 27 heavy (non-hydrogen) atoms. The monoisotopic (exact) mass is 359 g/mol. The van der Waals surface area contributed by atoms with Crippen LogP contribution < -0.4 is 10.9 Å². The first-order valence-electron chi connectivity index (χ1n) is 8.54. The van der Waals surface area contributed by atoms with Crippen LogP contribution in [0, 0.1) is 0 Å². The maximum Gasteiger partial charge on any atom is 0.250 e. The van der Waals surface area contributed by atoms with Crippen molar-refractivity contribution in [1.29, 1.82) is 0 Å². The third-order valence-corrected chi connectivity index (χ3v) is 4.21. The number of hydrogen-bond donors (Lipinski definition) is 1. The van der Waals surface area contributed by atoms with Gasteiger partial charge >= 0.3 is 0 Å². The summed E-state index contributed by atoms with van der Waals surface area (Å²) in [4.78, 5) is 32.5. The fourth-order valence-electron chi connectivity index (χ4n) is 2.84.